The summed E-state index contributed by atoms with van der Waals surface area (Å²) in [5.41, 5.74) is 7.35. The van der Waals surface area contributed by atoms with Gasteiger partial charge in [-0.2, -0.15) is 0 Å². The van der Waals surface area contributed by atoms with Crippen LogP contribution in [0.15, 0.2) is 77.2 Å². The van der Waals surface area contributed by atoms with Crippen LogP contribution in [0.2, 0.25) is 0 Å². The normalized spacial score (nSPS) is 13.6. The van der Waals surface area contributed by atoms with Crippen LogP contribution in [0.4, 0.5) is 0 Å². The number of hydrogen-bond acceptors (Lipinski definition) is 4. The standard InChI is InChI=1S/C31H33NO3/c1-2-3-17-34-31(33)14-16-32-15-13-25-20-26(10-11-27(25)22-32)30-21-28-19-24(9-12-29(28)35-30)18-23-7-5-4-6-8-23/h4-12,19-21H,2-3,13-18,22H2,1H3. The number of ether oxygens (including phenoxy) is 1. The van der Waals surface area contributed by atoms with E-state index in [1.54, 1.807) is 0 Å². The zero-order valence-electron chi connectivity index (χ0n) is 20.5. The van der Waals surface area contributed by atoms with Crippen LogP contribution >= 0.6 is 0 Å². The van der Waals surface area contributed by atoms with Gasteiger partial charge < -0.3 is 9.15 Å². The summed E-state index contributed by atoms with van der Waals surface area (Å²) in [6, 6.07) is 25.8. The lowest BCUT2D eigenvalue weighted by Gasteiger charge is -2.28. The van der Waals surface area contributed by atoms with Crippen molar-refractivity contribution in [3.63, 3.8) is 0 Å². The molecule has 2 heterocycles. The lowest BCUT2D eigenvalue weighted by atomic mass is 9.96. The molecule has 0 bridgehead atoms. The SMILES string of the molecule is CCCCOC(=O)CCN1CCc2cc(-c3cc4cc(Cc5ccccc5)ccc4o3)ccc2C1. The van der Waals surface area contributed by atoms with Gasteiger partial charge in [0.25, 0.3) is 0 Å². The number of fused-ring (bicyclic) bond motifs is 2. The van der Waals surface area contributed by atoms with Gasteiger partial charge in [-0.3, -0.25) is 9.69 Å². The Morgan fingerprint density at radius 2 is 1.86 bits per heavy atom. The summed E-state index contributed by atoms with van der Waals surface area (Å²) in [5.74, 6) is 0.827. The first kappa shape index (κ1) is 23.4. The molecule has 180 valence electrons. The van der Waals surface area contributed by atoms with Crippen molar-refractivity contribution in [1.29, 1.82) is 0 Å². The summed E-state index contributed by atoms with van der Waals surface area (Å²) in [6.07, 6.45) is 4.34. The van der Waals surface area contributed by atoms with E-state index in [1.165, 1.54) is 22.3 Å². The fourth-order valence-electron chi connectivity index (χ4n) is 4.78. The summed E-state index contributed by atoms with van der Waals surface area (Å²) in [7, 11) is 0. The van der Waals surface area contributed by atoms with Crippen molar-refractivity contribution in [2.45, 2.75) is 45.6 Å². The fraction of sp³-hybridized carbons (Fsp3) is 0.323. The van der Waals surface area contributed by atoms with Crippen molar-refractivity contribution in [1.82, 2.24) is 4.90 Å². The molecule has 0 spiro atoms. The molecule has 0 atom stereocenters. The van der Waals surface area contributed by atoms with Crippen molar-refractivity contribution >= 4 is 16.9 Å². The second-order valence-corrected chi connectivity index (χ2v) is 9.48. The Hall–Kier alpha value is -3.37. The average Bonchev–Trinajstić information content (AvgIpc) is 3.31. The zero-order chi connectivity index (χ0) is 24.0. The maximum Gasteiger partial charge on any atom is 0.307 e. The molecule has 4 nitrogen and oxygen atoms in total. The van der Waals surface area contributed by atoms with Crippen molar-refractivity contribution < 1.29 is 13.9 Å². The van der Waals surface area contributed by atoms with Crippen molar-refractivity contribution in [3.8, 4) is 11.3 Å². The number of unbranched alkanes of at least 4 members (excludes halogenated alkanes) is 1. The van der Waals surface area contributed by atoms with Gasteiger partial charge in [-0.25, -0.2) is 0 Å². The van der Waals surface area contributed by atoms with Gasteiger partial charge in [0, 0.05) is 30.6 Å². The number of nitrogens with zero attached hydrogens (tertiary/aromatic N) is 1. The molecule has 5 rings (SSSR count). The van der Waals surface area contributed by atoms with E-state index in [9.17, 15) is 4.79 Å². The predicted molar refractivity (Wildman–Crippen MR) is 140 cm³/mol. The second-order valence-electron chi connectivity index (χ2n) is 9.48. The predicted octanol–water partition coefficient (Wildman–Crippen LogP) is 6.78. The van der Waals surface area contributed by atoms with Crippen molar-refractivity contribution in [2.75, 3.05) is 19.7 Å². The smallest absolute Gasteiger partial charge is 0.307 e. The first-order valence-electron chi connectivity index (χ1n) is 12.7. The van der Waals surface area contributed by atoms with Crippen LogP contribution in [0.5, 0.6) is 0 Å². The summed E-state index contributed by atoms with van der Waals surface area (Å²) >= 11 is 0. The molecule has 4 aromatic rings. The molecule has 0 amide bonds. The van der Waals surface area contributed by atoms with Crippen LogP contribution in [0.3, 0.4) is 0 Å². The Labute approximate surface area is 207 Å². The van der Waals surface area contributed by atoms with Gasteiger partial charge in [-0.1, -0.05) is 61.9 Å². The van der Waals surface area contributed by atoms with Crippen molar-refractivity contribution in [2.24, 2.45) is 0 Å². The van der Waals surface area contributed by atoms with Gasteiger partial charge >= 0.3 is 5.97 Å². The first-order valence-corrected chi connectivity index (χ1v) is 12.7. The molecular formula is C31H33NO3. The van der Waals surface area contributed by atoms with Gasteiger partial charge in [0.2, 0.25) is 0 Å². The Morgan fingerprint density at radius 3 is 2.71 bits per heavy atom. The number of carbonyl (C=O) groups is 1. The molecule has 0 saturated heterocycles. The number of rotatable bonds is 9. The fourth-order valence-corrected chi connectivity index (χ4v) is 4.78. The number of hydrogen-bond donors (Lipinski definition) is 0. The number of esters is 1. The molecular weight excluding hydrogens is 434 g/mol. The molecule has 0 saturated carbocycles. The zero-order valence-corrected chi connectivity index (χ0v) is 20.5. The molecule has 35 heavy (non-hydrogen) atoms. The molecule has 4 heteroatoms. The van der Waals surface area contributed by atoms with Crippen LogP contribution in [-0.2, 0) is 28.9 Å². The minimum atomic E-state index is -0.0867. The molecule has 0 radical (unpaired) electrons. The molecule has 0 unspecified atom stereocenters. The van der Waals surface area contributed by atoms with E-state index in [0.29, 0.717) is 13.0 Å². The van der Waals surface area contributed by atoms with E-state index < -0.39 is 0 Å². The third-order valence-corrected chi connectivity index (χ3v) is 6.81. The molecule has 1 aromatic heterocycles. The minimum absolute atomic E-state index is 0.0867. The quantitative estimate of drug-likeness (QED) is 0.201. The summed E-state index contributed by atoms with van der Waals surface area (Å²) < 4.78 is 11.5. The molecule has 3 aromatic carbocycles. The number of furan rings is 1. The molecule has 0 N–H and O–H groups in total. The molecule has 1 aliphatic rings. The largest absolute Gasteiger partial charge is 0.466 e. The van der Waals surface area contributed by atoms with E-state index >= 15 is 0 Å². The van der Waals surface area contributed by atoms with Crippen LogP contribution in [-0.4, -0.2) is 30.6 Å². The first-order chi connectivity index (χ1) is 17.2. The van der Waals surface area contributed by atoms with Gasteiger partial charge in [-0.05, 0) is 65.8 Å². The highest BCUT2D eigenvalue weighted by Crippen LogP contribution is 2.31. The molecule has 1 aliphatic heterocycles. The third-order valence-electron chi connectivity index (χ3n) is 6.81. The van der Waals surface area contributed by atoms with Crippen molar-refractivity contribution in [3.05, 3.63) is 95.1 Å². The lowest BCUT2D eigenvalue weighted by molar-refractivity contribution is -0.144. The number of benzene rings is 3. The Kier molecular flexibility index (Phi) is 7.29. The van der Waals surface area contributed by atoms with Gasteiger partial charge in [-0.15, -0.1) is 0 Å². The van der Waals surface area contributed by atoms with Gasteiger partial charge in [0.1, 0.15) is 11.3 Å². The molecule has 0 fully saturated rings. The maximum absolute atomic E-state index is 11.9. The van der Waals surface area contributed by atoms with E-state index in [0.717, 1.165) is 67.6 Å². The number of carbonyl (C=O) groups excluding carboxylic acids is 1. The second kappa shape index (κ2) is 10.9. The van der Waals surface area contributed by atoms with Crippen LogP contribution < -0.4 is 0 Å². The highest BCUT2D eigenvalue weighted by atomic mass is 16.5. The Balaban J connectivity index is 1.24. The topological polar surface area (TPSA) is 42.7 Å². The van der Waals surface area contributed by atoms with E-state index in [2.05, 4.69) is 84.6 Å². The monoisotopic (exact) mass is 467 g/mol. The Morgan fingerprint density at radius 1 is 0.971 bits per heavy atom. The highest BCUT2D eigenvalue weighted by molar-refractivity contribution is 5.83. The average molecular weight is 468 g/mol. The van der Waals surface area contributed by atoms with E-state index in [4.69, 9.17) is 9.15 Å². The Bertz CT molecular complexity index is 1290. The van der Waals surface area contributed by atoms with Crippen LogP contribution in [0, 0.1) is 0 Å². The van der Waals surface area contributed by atoms with Gasteiger partial charge in [0.15, 0.2) is 0 Å². The maximum atomic E-state index is 11.9. The third kappa shape index (κ3) is 5.83. The van der Waals surface area contributed by atoms with E-state index in [-0.39, 0.29) is 5.97 Å². The van der Waals surface area contributed by atoms with Crippen LogP contribution in [0.25, 0.3) is 22.3 Å². The lowest BCUT2D eigenvalue weighted by Crippen LogP contribution is -2.32. The van der Waals surface area contributed by atoms with Crippen LogP contribution in [0.1, 0.15) is 48.4 Å². The summed E-state index contributed by atoms with van der Waals surface area (Å²) in [6.45, 7) is 5.22. The molecule has 0 aliphatic carbocycles. The minimum Gasteiger partial charge on any atom is -0.466 e. The van der Waals surface area contributed by atoms with Gasteiger partial charge in [0.05, 0.1) is 13.0 Å². The highest BCUT2D eigenvalue weighted by Gasteiger charge is 2.19. The summed E-state index contributed by atoms with van der Waals surface area (Å²) in [4.78, 5) is 14.3. The summed E-state index contributed by atoms with van der Waals surface area (Å²) in [5, 5.41) is 1.14. The van der Waals surface area contributed by atoms with E-state index in [1.807, 2.05) is 0 Å².